The number of nitrogens with one attached hydrogen (secondary N) is 1. The fourth-order valence-electron chi connectivity index (χ4n) is 3.05. The zero-order valence-electron chi connectivity index (χ0n) is 11.4. The van der Waals surface area contributed by atoms with E-state index in [4.69, 9.17) is 10.6 Å². The highest BCUT2D eigenvalue weighted by molar-refractivity contribution is 5.38. The number of para-hydroxylation sites is 1. The van der Waals surface area contributed by atoms with Crippen molar-refractivity contribution in [3.8, 4) is 5.75 Å². The van der Waals surface area contributed by atoms with Gasteiger partial charge in [0.1, 0.15) is 5.75 Å². The second kappa shape index (κ2) is 6.21. The van der Waals surface area contributed by atoms with Gasteiger partial charge in [0.05, 0.1) is 6.61 Å². The van der Waals surface area contributed by atoms with Crippen molar-refractivity contribution in [3.63, 3.8) is 0 Å². The van der Waals surface area contributed by atoms with Crippen LogP contribution in [0.1, 0.15) is 44.6 Å². The molecule has 0 radical (unpaired) electrons. The first kappa shape index (κ1) is 13.4. The summed E-state index contributed by atoms with van der Waals surface area (Å²) in [5, 5.41) is 0. The number of fused-ring (bicyclic) bond motifs is 1. The molecule has 3 nitrogen and oxygen atoms in total. The second-order valence-corrected chi connectivity index (χ2v) is 5.24. The summed E-state index contributed by atoms with van der Waals surface area (Å²) in [6.07, 6.45) is 3.44. The maximum Gasteiger partial charge on any atom is 0.122 e. The second-order valence-electron chi connectivity index (χ2n) is 5.24. The molecule has 0 fully saturated rings. The molecule has 0 saturated carbocycles. The predicted molar refractivity (Wildman–Crippen MR) is 74.5 cm³/mol. The predicted octanol–water partition coefficient (Wildman–Crippen LogP) is 2.82. The lowest BCUT2D eigenvalue weighted by atomic mass is 9.80. The third-order valence-electron chi connectivity index (χ3n) is 3.99. The van der Waals surface area contributed by atoms with Gasteiger partial charge in [-0.1, -0.05) is 38.5 Å². The van der Waals surface area contributed by atoms with Crippen LogP contribution in [0.2, 0.25) is 0 Å². The van der Waals surface area contributed by atoms with Crippen LogP contribution in [0.4, 0.5) is 0 Å². The summed E-state index contributed by atoms with van der Waals surface area (Å²) in [4.78, 5) is 0. The van der Waals surface area contributed by atoms with Gasteiger partial charge >= 0.3 is 0 Å². The van der Waals surface area contributed by atoms with Gasteiger partial charge in [0, 0.05) is 12.0 Å². The first-order valence-electron chi connectivity index (χ1n) is 6.95. The molecule has 1 aromatic rings. The Morgan fingerprint density at radius 3 is 2.94 bits per heavy atom. The van der Waals surface area contributed by atoms with Crippen LogP contribution >= 0.6 is 0 Å². The van der Waals surface area contributed by atoms with E-state index in [1.165, 1.54) is 18.4 Å². The van der Waals surface area contributed by atoms with Gasteiger partial charge in [0.25, 0.3) is 0 Å². The highest BCUT2D eigenvalue weighted by Crippen LogP contribution is 2.37. The lowest BCUT2D eigenvalue weighted by Gasteiger charge is -2.35. The molecule has 0 aromatic heterocycles. The number of benzene rings is 1. The van der Waals surface area contributed by atoms with Crippen molar-refractivity contribution >= 4 is 0 Å². The fourth-order valence-corrected chi connectivity index (χ4v) is 3.05. The number of hydrazine groups is 1. The molecule has 1 aliphatic rings. The minimum Gasteiger partial charge on any atom is -0.493 e. The first-order valence-corrected chi connectivity index (χ1v) is 6.95. The Bertz CT molecular complexity index is 381. The van der Waals surface area contributed by atoms with Crippen LogP contribution < -0.4 is 16.0 Å². The minimum atomic E-state index is 0.329. The first-order chi connectivity index (χ1) is 8.77. The monoisotopic (exact) mass is 248 g/mol. The third kappa shape index (κ3) is 2.68. The quantitative estimate of drug-likeness (QED) is 0.622. The van der Waals surface area contributed by atoms with E-state index in [-0.39, 0.29) is 0 Å². The molecule has 2 rings (SSSR count). The Morgan fingerprint density at radius 1 is 1.44 bits per heavy atom. The van der Waals surface area contributed by atoms with Crippen molar-refractivity contribution in [2.75, 3.05) is 6.61 Å². The van der Waals surface area contributed by atoms with Gasteiger partial charge in [0.15, 0.2) is 0 Å². The van der Waals surface area contributed by atoms with E-state index in [9.17, 15) is 0 Å². The molecule has 0 bridgehead atoms. The van der Waals surface area contributed by atoms with Crippen LogP contribution in [0.5, 0.6) is 5.75 Å². The molecule has 3 N–H and O–H groups in total. The summed E-state index contributed by atoms with van der Waals surface area (Å²) in [5.41, 5.74) is 4.34. The van der Waals surface area contributed by atoms with Gasteiger partial charge in [-0.15, -0.1) is 0 Å². The largest absolute Gasteiger partial charge is 0.493 e. The summed E-state index contributed by atoms with van der Waals surface area (Å²) >= 11 is 0. The van der Waals surface area contributed by atoms with Gasteiger partial charge in [-0.2, -0.15) is 0 Å². The maximum absolute atomic E-state index is 5.80. The standard InChI is InChI=1S/C15H24N2O/c1-3-6-11(2)15(17-16)13-9-10-18-14-8-5-4-7-12(13)14/h4-5,7-8,11,13,15,17H,3,6,9-10,16H2,1-2H3. The molecule has 3 unspecified atom stereocenters. The molecule has 0 saturated heterocycles. The molecule has 0 amide bonds. The third-order valence-corrected chi connectivity index (χ3v) is 3.99. The van der Waals surface area contributed by atoms with Crippen molar-refractivity contribution in [2.45, 2.75) is 45.1 Å². The maximum atomic E-state index is 5.80. The lowest BCUT2D eigenvalue weighted by molar-refractivity contribution is 0.218. The molecule has 3 atom stereocenters. The molecule has 1 aromatic carbocycles. The Labute approximate surface area is 110 Å². The number of rotatable bonds is 5. The topological polar surface area (TPSA) is 47.3 Å². The average molecular weight is 248 g/mol. The number of hydrogen-bond donors (Lipinski definition) is 2. The van der Waals surface area contributed by atoms with Crippen molar-refractivity contribution in [1.82, 2.24) is 5.43 Å². The van der Waals surface area contributed by atoms with Crippen LogP contribution in [0.15, 0.2) is 24.3 Å². The van der Waals surface area contributed by atoms with E-state index in [2.05, 4.69) is 37.5 Å². The Kier molecular flexibility index (Phi) is 4.61. The highest BCUT2D eigenvalue weighted by Gasteiger charge is 2.31. The molecule has 1 aliphatic heterocycles. The molecule has 18 heavy (non-hydrogen) atoms. The smallest absolute Gasteiger partial charge is 0.122 e. The Balaban J connectivity index is 2.22. The van der Waals surface area contributed by atoms with E-state index < -0.39 is 0 Å². The van der Waals surface area contributed by atoms with Gasteiger partial charge < -0.3 is 4.74 Å². The van der Waals surface area contributed by atoms with E-state index in [0.717, 1.165) is 18.8 Å². The zero-order valence-corrected chi connectivity index (χ0v) is 11.4. The molecular formula is C15H24N2O. The van der Waals surface area contributed by atoms with Crippen LogP contribution in [0, 0.1) is 5.92 Å². The molecule has 0 spiro atoms. The lowest BCUT2D eigenvalue weighted by Crippen LogP contribution is -2.45. The molecule has 1 heterocycles. The number of nitrogens with two attached hydrogens (primary N) is 1. The van der Waals surface area contributed by atoms with E-state index in [1.54, 1.807) is 0 Å². The normalized spacial score (nSPS) is 21.8. The Hall–Kier alpha value is -1.06. The highest BCUT2D eigenvalue weighted by atomic mass is 16.5. The average Bonchev–Trinajstić information content (AvgIpc) is 2.40. The van der Waals surface area contributed by atoms with Gasteiger partial charge in [-0.3, -0.25) is 11.3 Å². The number of ether oxygens (including phenoxy) is 1. The van der Waals surface area contributed by atoms with Crippen molar-refractivity contribution in [3.05, 3.63) is 29.8 Å². The van der Waals surface area contributed by atoms with E-state index in [0.29, 0.717) is 17.9 Å². The molecule has 3 heteroatoms. The van der Waals surface area contributed by atoms with Crippen molar-refractivity contribution < 1.29 is 4.74 Å². The van der Waals surface area contributed by atoms with Gasteiger partial charge in [-0.05, 0) is 30.4 Å². The van der Waals surface area contributed by atoms with Crippen molar-refractivity contribution in [2.24, 2.45) is 11.8 Å². The van der Waals surface area contributed by atoms with Crippen LogP contribution in [-0.2, 0) is 0 Å². The van der Waals surface area contributed by atoms with E-state index >= 15 is 0 Å². The molecule has 100 valence electrons. The van der Waals surface area contributed by atoms with Crippen LogP contribution in [0.25, 0.3) is 0 Å². The summed E-state index contributed by atoms with van der Waals surface area (Å²) in [6, 6.07) is 8.66. The Morgan fingerprint density at radius 2 is 2.22 bits per heavy atom. The van der Waals surface area contributed by atoms with Crippen molar-refractivity contribution in [1.29, 1.82) is 0 Å². The summed E-state index contributed by atoms with van der Waals surface area (Å²) in [5.74, 6) is 7.87. The SMILES string of the molecule is CCCC(C)C(NN)C1CCOc2ccccc21. The summed E-state index contributed by atoms with van der Waals surface area (Å²) in [6.45, 7) is 5.30. The van der Waals surface area contributed by atoms with Gasteiger partial charge in [0.2, 0.25) is 0 Å². The van der Waals surface area contributed by atoms with Crippen LogP contribution in [0.3, 0.4) is 0 Å². The van der Waals surface area contributed by atoms with Crippen LogP contribution in [-0.4, -0.2) is 12.6 Å². The molecular weight excluding hydrogens is 224 g/mol. The van der Waals surface area contributed by atoms with E-state index in [1.807, 2.05) is 6.07 Å². The minimum absolute atomic E-state index is 0.329. The zero-order chi connectivity index (χ0) is 13.0. The summed E-state index contributed by atoms with van der Waals surface area (Å²) in [7, 11) is 0. The van der Waals surface area contributed by atoms with Gasteiger partial charge in [-0.25, -0.2) is 0 Å². The summed E-state index contributed by atoms with van der Waals surface area (Å²) < 4.78 is 5.72. The fraction of sp³-hybridized carbons (Fsp3) is 0.600. The molecule has 0 aliphatic carbocycles. The number of hydrogen-bond acceptors (Lipinski definition) is 3.